The number of halogens is 1. The topological polar surface area (TPSA) is 161 Å². The quantitative estimate of drug-likeness (QED) is 0.154. The first-order valence-electron chi connectivity index (χ1n) is 12.1. The van der Waals surface area contributed by atoms with E-state index in [0.717, 1.165) is 12.1 Å². The van der Waals surface area contributed by atoms with Crippen molar-refractivity contribution in [2.45, 2.75) is 13.8 Å². The van der Waals surface area contributed by atoms with E-state index in [1.54, 1.807) is 42.5 Å². The first-order valence-corrected chi connectivity index (χ1v) is 12.4. The maximum atomic E-state index is 12.7. The fraction of sp³-hybridized carbons (Fsp3) is 0.185. The lowest BCUT2D eigenvalue weighted by atomic mass is 10.1. The van der Waals surface area contributed by atoms with Crippen LogP contribution in [0.1, 0.15) is 40.1 Å². The minimum absolute atomic E-state index is 0.0521. The lowest BCUT2D eigenvalue weighted by molar-refractivity contribution is -0.384. The second kappa shape index (κ2) is 11.7. The molecule has 0 bridgehead atoms. The summed E-state index contributed by atoms with van der Waals surface area (Å²) in [7, 11) is 0. The summed E-state index contributed by atoms with van der Waals surface area (Å²) in [6, 6.07) is 15.6. The third-order valence-corrected chi connectivity index (χ3v) is 6.43. The summed E-state index contributed by atoms with van der Waals surface area (Å²) in [6.45, 7) is 4.27. The molecule has 0 fully saturated rings. The van der Waals surface area contributed by atoms with Crippen molar-refractivity contribution in [2.75, 3.05) is 29.9 Å². The Bertz CT molecular complexity index is 1580. The van der Waals surface area contributed by atoms with Crippen LogP contribution in [0.15, 0.2) is 64.8 Å². The van der Waals surface area contributed by atoms with Crippen LogP contribution in [0.25, 0.3) is 0 Å². The first-order chi connectivity index (χ1) is 19.1. The van der Waals surface area contributed by atoms with Crippen LogP contribution in [0.4, 0.5) is 28.4 Å². The third kappa shape index (κ3) is 5.64. The predicted molar refractivity (Wildman–Crippen MR) is 147 cm³/mol. The number of anilines is 2. The summed E-state index contributed by atoms with van der Waals surface area (Å²) in [6.07, 6.45) is 0. The van der Waals surface area contributed by atoms with Crippen molar-refractivity contribution in [3.63, 3.8) is 0 Å². The van der Waals surface area contributed by atoms with Crippen LogP contribution in [-0.4, -0.2) is 47.2 Å². The molecule has 0 spiro atoms. The van der Waals surface area contributed by atoms with Crippen LogP contribution < -0.4 is 10.2 Å². The molecule has 3 aromatic rings. The maximum absolute atomic E-state index is 12.7. The van der Waals surface area contributed by atoms with E-state index >= 15 is 0 Å². The number of fused-ring (bicyclic) bond motifs is 1. The van der Waals surface area contributed by atoms with E-state index in [1.165, 1.54) is 11.8 Å². The van der Waals surface area contributed by atoms with Gasteiger partial charge >= 0.3 is 0 Å². The van der Waals surface area contributed by atoms with Crippen LogP contribution in [0.5, 0.6) is 0 Å². The largest absolute Gasteiger partial charge is 0.370 e. The van der Waals surface area contributed by atoms with E-state index in [1.807, 2.05) is 17.9 Å². The monoisotopic (exact) mass is 559 g/mol. The van der Waals surface area contributed by atoms with Gasteiger partial charge in [0.1, 0.15) is 17.4 Å². The Labute approximate surface area is 233 Å². The number of hydrogen-bond acceptors (Lipinski definition) is 9. The maximum Gasteiger partial charge on any atom is 0.272 e. The second-order valence-electron chi connectivity index (χ2n) is 8.66. The lowest BCUT2D eigenvalue weighted by Gasteiger charge is -2.26. The number of rotatable bonds is 9. The van der Waals surface area contributed by atoms with Gasteiger partial charge in [-0.1, -0.05) is 23.7 Å². The van der Waals surface area contributed by atoms with Gasteiger partial charge in [0.05, 0.1) is 32.3 Å². The van der Waals surface area contributed by atoms with E-state index in [-0.39, 0.29) is 51.9 Å². The zero-order valence-electron chi connectivity index (χ0n) is 21.4. The van der Waals surface area contributed by atoms with Gasteiger partial charge < -0.3 is 10.2 Å². The van der Waals surface area contributed by atoms with E-state index in [2.05, 4.69) is 15.5 Å². The van der Waals surface area contributed by atoms with Crippen LogP contribution in [-0.2, 0) is 4.79 Å². The number of benzene rings is 3. The molecule has 3 amide bonds. The van der Waals surface area contributed by atoms with Gasteiger partial charge in [-0.3, -0.25) is 29.4 Å². The van der Waals surface area contributed by atoms with E-state index in [9.17, 15) is 29.8 Å². The molecule has 0 radical (unpaired) electrons. The Kier molecular flexibility index (Phi) is 8.16. The van der Waals surface area contributed by atoms with Gasteiger partial charge in [-0.2, -0.15) is 5.26 Å². The van der Waals surface area contributed by atoms with Gasteiger partial charge in [-0.25, -0.2) is 0 Å². The van der Waals surface area contributed by atoms with Crippen molar-refractivity contribution in [3.8, 4) is 6.07 Å². The number of non-ortho nitro benzene ring substituents is 1. The highest BCUT2D eigenvalue weighted by atomic mass is 35.5. The second-order valence-corrected chi connectivity index (χ2v) is 9.07. The minimum Gasteiger partial charge on any atom is -0.370 e. The van der Waals surface area contributed by atoms with Gasteiger partial charge in [0.15, 0.2) is 0 Å². The Morgan fingerprint density at radius 2 is 1.80 bits per heavy atom. The van der Waals surface area contributed by atoms with Crippen LogP contribution >= 0.6 is 11.6 Å². The molecular formula is C27H22ClN7O5. The number of nitro groups is 1. The number of carbonyl (C=O) groups excluding carboxylic acids is 3. The molecule has 1 aliphatic rings. The number of azo groups is 1. The predicted octanol–water partition coefficient (Wildman–Crippen LogP) is 5.62. The number of carbonyl (C=O) groups is 3. The average molecular weight is 560 g/mol. The molecule has 13 heteroatoms. The van der Waals surface area contributed by atoms with Crippen molar-refractivity contribution >= 4 is 57.8 Å². The highest BCUT2D eigenvalue weighted by Crippen LogP contribution is 2.36. The van der Waals surface area contributed by atoms with Gasteiger partial charge in [0.25, 0.3) is 17.5 Å². The van der Waals surface area contributed by atoms with E-state index < -0.39 is 4.92 Å². The molecule has 1 N–H and O–H groups in total. The molecule has 0 atom stereocenters. The van der Waals surface area contributed by atoms with Crippen molar-refractivity contribution < 1.29 is 19.3 Å². The Balaban J connectivity index is 1.59. The molecule has 0 aromatic heterocycles. The Morgan fingerprint density at radius 1 is 1.12 bits per heavy atom. The standard InChI is InChI=1S/C27H22ClN7O5/c1-3-33(10-11-34-26(37)20-6-4-5-7-21(20)27(34)38)18-8-9-23(24(14-18)30-16(2)36)31-32-25-17(15-29)12-19(35(39)40)13-22(25)28/h4-9,12-14H,3,10-11H2,1-2H3,(H,30,36). The summed E-state index contributed by atoms with van der Waals surface area (Å²) < 4.78 is 0. The summed E-state index contributed by atoms with van der Waals surface area (Å²) in [5, 5.41) is 31.2. The zero-order valence-corrected chi connectivity index (χ0v) is 22.2. The molecule has 12 nitrogen and oxygen atoms in total. The molecular weight excluding hydrogens is 538 g/mol. The normalized spacial score (nSPS) is 12.4. The smallest absolute Gasteiger partial charge is 0.272 e. The van der Waals surface area contributed by atoms with Crippen molar-refractivity contribution in [1.82, 2.24) is 4.90 Å². The fourth-order valence-electron chi connectivity index (χ4n) is 4.21. The number of likely N-dealkylation sites (N-methyl/N-ethyl adjacent to an activating group) is 1. The average Bonchev–Trinajstić information content (AvgIpc) is 3.17. The Morgan fingerprint density at radius 3 is 2.38 bits per heavy atom. The highest BCUT2D eigenvalue weighted by Gasteiger charge is 2.35. The molecule has 0 saturated carbocycles. The van der Waals surface area contributed by atoms with Crippen molar-refractivity contribution in [3.05, 3.63) is 86.4 Å². The highest BCUT2D eigenvalue weighted by molar-refractivity contribution is 6.33. The van der Waals surface area contributed by atoms with E-state index in [0.29, 0.717) is 35.6 Å². The summed E-state index contributed by atoms with van der Waals surface area (Å²) in [5.41, 5.74) is 1.46. The molecule has 1 heterocycles. The third-order valence-electron chi connectivity index (χ3n) is 6.15. The summed E-state index contributed by atoms with van der Waals surface area (Å²) in [4.78, 5) is 50.9. The van der Waals surface area contributed by atoms with E-state index in [4.69, 9.17) is 11.6 Å². The summed E-state index contributed by atoms with van der Waals surface area (Å²) >= 11 is 6.13. The molecule has 0 saturated heterocycles. The molecule has 4 rings (SSSR count). The van der Waals surface area contributed by atoms with Gasteiger partial charge in [-0.15, -0.1) is 10.2 Å². The molecule has 0 aliphatic carbocycles. The number of nitriles is 1. The molecule has 3 aromatic carbocycles. The molecule has 1 aliphatic heterocycles. The molecule has 40 heavy (non-hydrogen) atoms. The fourth-order valence-corrected chi connectivity index (χ4v) is 4.46. The SMILES string of the molecule is CCN(CCN1C(=O)c2ccccc2C1=O)c1ccc(N=Nc2c(Cl)cc([N+](=O)[O-])cc2C#N)c(NC(C)=O)c1. The van der Waals surface area contributed by atoms with Crippen LogP contribution in [0.2, 0.25) is 5.02 Å². The van der Waals surface area contributed by atoms with Crippen molar-refractivity contribution in [2.24, 2.45) is 10.2 Å². The number of imide groups is 1. The van der Waals surface area contributed by atoms with Crippen LogP contribution in [0.3, 0.4) is 0 Å². The van der Waals surface area contributed by atoms with Gasteiger partial charge in [0, 0.05) is 44.4 Å². The van der Waals surface area contributed by atoms with Crippen molar-refractivity contribution in [1.29, 1.82) is 5.26 Å². The number of nitrogens with one attached hydrogen (secondary N) is 1. The lowest BCUT2D eigenvalue weighted by Crippen LogP contribution is -2.38. The Hall–Kier alpha value is -5.15. The van der Waals surface area contributed by atoms with Gasteiger partial charge in [-0.05, 0) is 37.3 Å². The van der Waals surface area contributed by atoms with Gasteiger partial charge in [0.2, 0.25) is 5.91 Å². The first kappa shape index (κ1) is 27.9. The minimum atomic E-state index is -0.672. The number of hydrogen-bond donors (Lipinski definition) is 1. The number of amides is 3. The molecule has 202 valence electrons. The number of nitrogens with zero attached hydrogens (tertiary/aromatic N) is 6. The molecule has 0 unspecified atom stereocenters. The zero-order chi connectivity index (χ0) is 29.0. The number of nitro benzene ring substituents is 1. The summed E-state index contributed by atoms with van der Waals surface area (Å²) in [5.74, 6) is -1.05. The van der Waals surface area contributed by atoms with Crippen LogP contribution in [0, 0.1) is 21.4 Å².